The highest BCUT2D eigenvalue weighted by Gasteiger charge is 2.42. The maximum absolute atomic E-state index is 3.74. The Bertz CT molecular complexity index is 211. The molecule has 1 aliphatic heterocycles. The molecule has 2 nitrogen and oxygen atoms in total. The van der Waals surface area contributed by atoms with Crippen LogP contribution in [0.1, 0.15) is 46.0 Å². The fourth-order valence-electron chi connectivity index (χ4n) is 2.59. The second-order valence-corrected chi connectivity index (χ2v) is 5.91. The summed E-state index contributed by atoms with van der Waals surface area (Å²) < 4.78 is 0. The molecule has 0 aromatic heterocycles. The summed E-state index contributed by atoms with van der Waals surface area (Å²) >= 11 is 0. The number of likely N-dealkylation sites (N-methyl/N-ethyl adjacent to an activating group) is 1. The number of nitrogens with one attached hydrogen (secondary N) is 1. The van der Waals surface area contributed by atoms with Crippen molar-refractivity contribution >= 4 is 0 Å². The van der Waals surface area contributed by atoms with Crippen LogP contribution in [0.4, 0.5) is 0 Å². The van der Waals surface area contributed by atoms with Gasteiger partial charge in [-0.3, -0.25) is 0 Å². The van der Waals surface area contributed by atoms with Gasteiger partial charge in [-0.1, -0.05) is 13.3 Å². The van der Waals surface area contributed by atoms with E-state index in [1.807, 2.05) is 0 Å². The fourth-order valence-corrected chi connectivity index (χ4v) is 2.59. The van der Waals surface area contributed by atoms with Crippen LogP contribution in [0, 0.1) is 5.41 Å². The highest BCUT2D eigenvalue weighted by molar-refractivity contribution is 4.97. The number of likely N-dealkylation sites (tertiary alicyclic amines) is 1. The van der Waals surface area contributed by atoms with Gasteiger partial charge in [0.25, 0.3) is 0 Å². The highest BCUT2D eigenvalue weighted by Crippen LogP contribution is 2.47. The maximum atomic E-state index is 3.74. The van der Waals surface area contributed by atoms with Gasteiger partial charge in [0.2, 0.25) is 0 Å². The Morgan fingerprint density at radius 2 is 2.13 bits per heavy atom. The minimum atomic E-state index is 0.618. The minimum absolute atomic E-state index is 0.618. The van der Waals surface area contributed by atoms with Gasteiger partial charge in [-0.25, -0.2) is 0 Å². The summed E-state index contributed by atoms with van der Waals surface area (Å²) in [7, 11) is 2.27. The van der Waals surface area contributed by atoms with E-state index >= 15 is 0 Å². The first-order chi connectivity index (χ1) is 7.12. The van der Waals surface area contributed by atoms with Crippen molar-refractivity contribution < 1.29 is 0 Å². The largest absolute Gasteiger partial charge is 0.312 e. The summed E-state index contributed by atoms with van der Waals surface area (Å²) in [6.45, 7) is 7.25. The molecule has 1 N–H and O–H groups in total. The SMILES string of the molecule is CC(NCC1CCCCN1C)C1(C)CC1. The predicted molar refractivity (Wildman–Crippen MR) is 65.1 cm³/mol. The lowest BCUT2D eigenvalue weighted by atomic mass is 9.99. The Hall–Kier alpha value is -0.0800. The van der Waals surface area contributed by atoms with Crippen LogP contribution in [0.3, 0.4) is 0 Å². The van der Waals surface area contributed by atoms with Crippen LogP contribution >= 0.6 is 0 Å². The van der Waals surface area contributed by atoms with Gasteiger partial charge in [0.05, 0.1) is 0 Å². The van der Waals surface area contributed by atoms with Crippen molar-refractivity contribution in [3.63, 3.8) is 0 Å². The first-order valence-corrected chi connectivity index (χ1v) is 6.55. The summed E-state index contributed by atoms with van der Waals surface area (Å²) in [6.07, 6.45) is 7.03. The molecule has 0 radical (unpaired) electrons. The van der Waals surface area contributed by atoms with Crippen molar-refractivity contribution in [2.45, 2.75) is 58.0 Å². The summed E-state index contributed by atoms with van der Waals surface area (Å²) in [6, 6.07) is 1.48. The van der Waals surface area contributed by atoms with Crippen molar-refractivity contribution in [2.75, 3.05) is 20.1 Å². The van der Waals surface area contributed by atoms with E-state index in [0.29, 0.717) is 11.5 Å². The first-order valence-electron chi connectivity index (χ1n) is 6.55. The highest BCUT2D eigenvalue weighted by atomic mass is 15.2. The van der Waals surface area contributed by atoms with E-state index in [9.17, 15) is 0 Å². The van der Waals surface area contributed by atoms with Crippen LogP contribution < -0.4 is 5.32 Å². The van der Waals surface area contributed by atoms with E-state index in [1.165, 1.54) is 45.2 Å². The normalized spacial score (nSPS) is 32.6. The van der Waals surface area contributed by atoms with Crippen LogP contribution in [0.15, 0.2) is 0 Å². The summed E-state index contributed by atoms with van der Waals surface area (Å²) in [5, 5.41) is 3.74. The van der Waals surface area contributed by atoms with E-state index in [0.717, 1.165) is 6.04 Å². The van der Waals surface area contributed by atoms with E-state index < -0.39 is 0 Å². The summed E-state index contributed by atoms with van der Waals surface area (Å²) in [4.78, 5) is 2.53. The Labute approximate surface area is 94.4 Å². The van der Waals surface area contributed by atoms with Crippen molar-refractivity contribution in [1.82, 2.24) is 10.2 Å². The van der Waals surface area contributed by atoms with Crippen molar-refractivity contribution in [3.8, 4) is 0 Å². The lowest BCUT2D eigenvalue weighted by Crippen LogP contribution is -2.46. The van der Waals surface area contributed by atoms with Crippen molar-refractivity contribution in [1.29, 1.82) is 0 Å². The molecular formula is C13H26N2. The van der Waals surface area contributed by atoms with Crippen LogP contribution in [-0.2, 0) is 0 Å². The number of hydrogen-bond acceptors (Lipinski definition) is 2. The summed E-state index contributed by atoms with van der Waals surface area (Å²) in [5.74, 6) is 0. The predicted octanol–water partition coefficient (Wildman–Crippen LogP) is 2.25. The second kappa shape index (κ2) is 4.42. The Balaban J connectivity index is 1.72. The zero-order chi connectivity index (χ0) is 10.9. The smallest absolute Gasteiger partial charge is 0.0217 e. The molecule has 0 aromatic rings. The Morgan fingerprint density at radius 3 is 2.73 bits per heavy atom. The molecule has 2 rings (SSSR count). The average Bonchev–Trinajstić information content (AvgIpc) is 2.96. The fraction of sp³-hybridized carbons (Fsp3) is 1.00. The third-order valence-corrected chi connectivity index (χ3v) is 4.67. The van der Waals surface area contributed by atoms with Gasteiger partial charge in [0, 0.05) is 18.6 Å². The number of hydrogen-bond donors (Lipinski definition) is 1. The number of rotatable bonds is 4. The molecule has 2 aliphatic rings. The van der Waals surface area contributed by atoms with E-state index in [2.05, 4.69) is 31.1 Å². The molecule has 88 valence electrons. The first kappa shape index (κ1) is 11.4. The molecule has 0 aromatic carbocycles. The van der Waals surface area contributed by atoms with Crippen LogP contribution in [0.25, 0.3) is 0 Å². The van der Waals surface area contributed by atoms with E-state index in [-0.39, 0.29) is 0 Å². The molecule has 2 atom stereocenters. The number of piperidine rings is 1. The van der Waals surface area contributed by atoms with Crippen LogP contribution in [0.5, 0.6) is 0 Å². The third kappa shape index (κ3) is 2.73. The van der Waals surface area contributed by atoms with Gasteiger partial charge >= 0.3 is 0 Å². The minimum Gasteiger partial charge on any atom is -0.312 e. The zero-order valence-corrected chi connectivity index (χ0v) is 10.6. The van der Waals surface area contributed by atoms with Gasteiger partial charge in [0.15, 0.2) is 0 Å². The van der Waals surface area contributed by atoms with Crippen molar-refractivity contribution in [3.05, 3.63) is 0 Å². The monoisotopic (exact) mass is 210 g/mol. The second-order valence-electron chi connectivity index (χ2n) is 5.91. The topological polar surface area (TPSA) is 15.3 Å². The maximum Gasteiger partial charge on any atom is 0.0217 e. The molecule has 15 heavy (non-hydrogen) atoms. The van der Waals surface area contributed by atoms with Gasteiger partial charge in [-0.15, -0.1) is 0 Å². The molecule has 2 heteroatoms. The lowest BCUT2D eigenvalue weighted by Gasteiger charge is -2.34. The quantitative estimate of drug-likeness (QED) is 0.765. The van der Waals surface area contributed by atoms with Gasteiger partial charge in [-0.2, -0.15) is 0 Å². The molecule has 0 amide bonds. The van der Waals surface area contributed by atoms with E-state index in [4.69, 9.17) is 0 Å². The molecule has 1 aliphatic carbocycles. The molecular weight excluding hydrogens is 184 g/mol. The molecule has 1 heterocycles. The molecule has 1 saturated heterocycles. The lowest BCUT2D eigenvalue weighted by molar-refractivity contribution is 0.173. The third-order valence-electron chi connectivity index (χ3n) is 4.67. The standard InChI is InChI=1S/C13H26N2/c1-11(13(2)7-8-13)14-10-12-6-4-5-9-15(12)3/h11-12,14H,4-10H2,1-3H3. The molecule has 1 saturated carbocycles. The molecule has 2 fully saturated rings. The average molecular weight is 210 g/mol. The van der Waals surface area contributed by atoms with E-state index in [1.54, 1.807) is 0 Å². The van der Waals surface area contributed by atoms with Crippen LogP contribution in [-0.4, -0.2) is 37.1 Å². The summed E-state index contributed by atoms with van der Waals surface area (Å²) in [5.41, 5.74) is 0.618. The van der Waals surface area contributed by atoms with Gasteiger partial charge in [0.1, 0.15) is 0 Å². The van der Waals surface area contributed by atoms with Gasteiger partial charge < -0.3 is 10.2 Å². The number of nitrogens with zero attached hydrogens (tertiary/aromatic N) is 1. The van der Waals surface area contributed by atoms with Gasteiger partial charge in [-0.05, 0) is 51.6 Å². The van der Waals surface area contributed by atoms with Crippen molar-refractivity contribution in [2.24, 2.45) is 5.41 Å². The Morgan fingerprint density at radius 1 is 1.40 bits per heavy atom. The Kier molecular flexibility index (Phi) is 3.36. The zero-order valence-electron chi connectivity index (χ0n) is 10.6. The molecule has 2 unspecified atom stereocenters. The van der Waals surface area contributed by atoms with Crippen LogP contribution in [0.2, 0.25) is 0 Å². The molecule has 0 bridgehead atoms. The molecule has 0 spiro atoms.